The molecule has 0 spiro atoms. The Morgan fingerprint density at radius 3 is 0.956 bits per heavy atom. The summed E-state index contributed by atoms with van der Waals surface area (Å²) in [5.41, 5.74) is 0. The number of esters is 2. The van der Waals surface area contributed by atoms with Gasteiger partial charge in [-0.05, 0) is 89.9 Å². The molecule has 0 aliphatic carbocycles. The SMILES string of the molecule is CC/C=C\C/C=C\C/C=C\C/C=C\CCCCCCCCCCCCCCCCCCCCC(=O)OC(CO)COC(=O)CCCCCCCCCC/C=C\C/C=C\C/C=C\CCCCCCC. The van der Waals surface area contributed by atoms with E-state index in [1.165, 1.54) is 180 Å². The number of carbonyl (C=O) groups excluding carboxylic acids is 2. The van der Waals surface area contributed by atoms with Crippen molar-refractivity contribution in [3.8, 4) is 0 Å². The Morgan fingerprint density at radius 1 is 0.353 bits per heavy atom. The molecule has 0 aromatic heterocycles. The van der Waals surface area contributed by atoms with Crippen molar-refractivity contribution >= 4 is 11.9 Å². The van der Waals surface area contributed by atoms with Crippen LogP contribution in [-0.4, -0.2) is 36.4 Å². The highest BCUT2D eigenvalue weighted by atomic mass is 16.6. The van der Waals surface area contributed by atoms with E-state index < -0.39 is 6.10 Å². The number of allylic oxidation sites excluding steroid dienone is 14. The van der Waals surface area contributed by atoms with E-state index in [2.05, 4.69) is 98.9 Å². The second kappa shape index (κ2) is 58.4. The lowest BCUT2D eigenvalue weighted by Crippen LogP contribution is -2.28. The van der Waals surface area contributed by atoms with E-state index in [1.54, 1.807) is 0 Å². The van der Waals surface area contributed by atoms with Crippen molar-refractivity contribution in [2.75, 3.05) is 13.2 Å². The zero-order chi connectivity index (χ0) is 49.2. The zero-order valence-electron chi connectivity index (χ0n) is 44.9. The van der Waals surface area contributed by atoms with Crippen LogP contribution < -0.4 is 0 Å². The molecule has 0 heterocycles. The first kappa shape index (κ1) is 65.1. The molecular formula is C63H110O5. The van der Waals surface area contributed by atoms with Crippen molar-refractivity contribution in [2.45, 2.75) is 290 Å². The van der Waals surface area contributed by atoms with Crippen molar-refractivity contribution in [1.29, 1.82) is 0 Å². The maximum atomic E-state index is 12.3. The third kappa shape index (κ3) is 55.7. The van der Waals surface area contributed by atoms with Gasteiger partial charge in [0.05, 0.1) is 6.61 Å². The van der Waals surface area contributed by atoms with Gasteiger partial charge in [0.2, 0.25) is 0 Å². The van der Waals surface area contributed by atoms with Gasteiger partial charge in [0.25, 0.3) is 0 Å². The van der Waals surface area contributed by atoms with Crippen LogP contribution in [0.1, 0.15) is 284 Å². The van der Waals surface area contributed by atoms with Crippen LogP contribution in [0.25, 0.3) is 0 Å². The van der Waals surface area contributed by atoms with Gasteiger partial charge in [-0.25, -0.2) is 0 Å². The molecular weight excluding hydrogens is 837 g/mol. The number of hydrogen-bond acceptors (Lipinski definition) is 5. The summed E-state index contributed by atoms with van der Waals surface area (Å²) in [4.78, 5) is 24.5. The molecule has 0 fully saturated rings. The lowest BCUT2D eigenvalue weighted by Gasteiger charge is -2.15. The summed E-state index contributed by atoms with van der Waals surface area (Å²) in [5.74, 6) is -0.591. The van der Waals surface area contributed by atoms with Crippen LogP contribution in [0.5, 0.6) is 0 Å². The number of carbonyl (C=O) groups is 2. The molecule has 1 N–H and O–H groups in total. The van der Waals surface area contributed by atoms with E-state index >= 15 is 0 Å². The van der Waals surface area contributed by atoms with Crippen molar-refractivity contribution in [1.82, 2.24) is 0 Å². The number of aliphatic hydroxyl groups is 1. The number of ether oxygens (including phenoxy) is 2. The second-order valence-electron chi connectivity index (χ2n) is 19.3. The first-order valence-electron chi connectivity index (χ1n) is 29.1. The Labute approximate surface area is 422 Å². The predicted octanol–water partition coefficient (Wildman–Crippen LogP) is 19.8. The fourth-order valence-electron chi connectivity index (χ4n) is 8.32. The Hall–Kier alpha value is -2.92. The fourth-order valence-corrected chi connectivity index (χ4v) is 8.32. The first-order valence-corrected chi connectivity index (χ1v) is 29.1. The Bertz CT molecular complexity index is 1250. The number of aliphatic hydroxyl groups excluding tert-OH is 1. The minimum Gasteiger partial charge on any atom is -0.462 e. The summed E-state index contributed by atoms with van der Waals surface area (Å²) in [6.07, 6.45) is 81.3. The highest BCUT2D eigenvalue weighted by molar-refractivity contribution is 5.70. The van der Waals surface area contributed by atoms with Crippen LogP contribution in [0.4, 0.5) is 0 Å². The summed E-state index contributed by atoms with van der Waals surface area (Å²) in [7, 11) is 0. The molecule has 0 aromatic carbocycles. The average molecular weight is 948 g/mol. The van der Waals surface area contributed by atoms with Gasteiger partial charge in [0.15, 0.2) is 6.10 Å². The molecule has 0 saturated carbocycles. The van der Waals surface area contributed by atoms with Crippen LogP contribution in [0.2, 0.25) is 0 Å². The summed E-state index contributed by atoms with van der Waals surface area (Å²) in [6.45, 7) is 4.03. The summed E-state index contributed by atoms with van der Waals surface area (Å²) in [6, 6.07) is 0. The number of unbranched alkanes of at least 4 members (excludes halogenated alkanes) is 31. The number of hydrogen-bond donors (Lipinski definition) is 1. The normalized spacial score (nSPS) is 12.8. The van der Waals surface area contributed by atoms with E-state index in [0.29, 0.717) is 12.8 Å². The predicted molar refractivity (Wildman–Crippen MR) is 297 cm³/mol. The zero-order valence-corrected chi connectivity index (χ0v) is 44.9. The van der Waals surface area contributed by atoms with Crippen LogP contribution in [0.3, 0.4) is 0 Å². The minimum atomic E-state index is -0.779. The maximum absolute atomic E-state index is 12.3. The maximum Gasteiger partial charge on any atom is 0.306 e. The molecule has 0 aliphatic heterocycles. The van der Waals surface area contributed by atoms with Crippen molar-refractivity contribution in [2.24, 2.45) is 0 Å². The molecule has 0 saturated heterocycles. The molecule has 0 aliphatic rings. The summed E-state index contributed by atoms with van der Waals surface area (Å²) >= 11 is 0. The van der Waals surface area contributed by atoms with Crippen molar-refractivity contribution in [3.05, 3.63) is 85.1 Å². The molecule has 0 rings (SSSR count). The van der Waals surface area contributed by atoms with Gasteiger partial charge in [0.1, 0.15) is 6.61 Å². The minimum absolute atomic E-state index is 0.0705. The van der Waals surface area contributed by atoms with Crippen LogP contribution in [-0.2, 0) is 19.1 Å². The second-order valence-corrected chi connectivity index (χ2v) is 19.3. The fraction of sp³-hybridized carbons (Fsp3) is 0.746. The molecule has 0 aromatic rings. The van der Waals surface area contributed by atoms with E-state index in [-0.39, 0.29) is 25.2 Å². The van der Waals surface area contributed by atoms with Crippen LogP contribution >= 0.6 is 0 Å². The van der Waals surface area contributed by atoms with E-state index in [1.807, 2.05) is 0 Å². The molecule has 5 nitrogen and oxygen atoms in total. The van der Waals surface area contributed by atoms with Gasteiger partial charge in [-0.2, -0.15) is 0 Å². The Kier molecular flexibility index (Phi) is 55.9. The third-order valence-electron chi connectivity index (χ3n) is 12.7. The Balaban J connectivity index is 3.48. The molecule has 1 atom stereocenters. The topological polar surface area (TPSA) is 72.8 Å². The first-order chi connectivity index (χ1) is 33.6. The molecule has 0 radical (unpaired) electrons. The third-order valence-corrected chi connectivity index (χ3v) is 12.7. The summed E-state index contributed by atoms with van der Waals surface area (Å²) in [5, 5.41) is 9.66. The molecule has 1 unspecified atom stereocenters. The molecule has 392 valence electrons. The smallest absolute Gasteiger partial charge is 0.306 e. The van der Waals surface area contributed by atoms with Gasteiger partial charge in [0, 0.05) is 12.8 Å². The van der Waals surface area contributed by atoms with E-state index in [0.717, 1.165) is 77.0 Å². The van der Waals surface area contributed by atoms with Gasteiger partial charge >= 0.3 is 11.9 Å². The van der Waals surface area contributed by atoms with E-state index in [4.69, 9.17) is 9.47 Å². The molecule has 5 heteroatoms. The van der Waals surface area contributed by atoms with Crippen molar-refractivity contribution in [3.63, 3.8) is 0 Å². The largest absolute Gasteiger partial charge is 0.462 e. The number of rotatable bonds is 53. The molecule has 68 heavy (non-hydrogen) atoms. The van der Waals surface area contributed by atoms with Crippen LogP contribution in [0, 0.1) is 0 Å². The van der Waals surface area contributed by atoms with Gasteiger partial charge in [-0.1, -0.05) is 266 Å². The summed E-state index contributed by atoms with van der Waals surface area (Å²) < 4.78 is 10.7. The van der Waals surface area contributed by atoms with Gasteiger partial charge in [-0.3, -0.25) is 9.59 Å². The highest BCUT2D eigenvalue weighted by Gasteiger charge is 2.16. The van der Waals surface area contributed by atoms with E-state index in [9.17, 15) is 14.7 Å². The van der Waals surface area contributed by atoms with Gasteiger partial charge < -0.3 is 14.6 Å². The quantitative estimate of drug-likeness (QED) is 0.0374. The molecule has 0 bridgehead atoms. The average Bonchev–Trinajstić information content (AvgIpc) is 3.34. The van der Waals surface area contributed by atoms with Crippen molar-refractivity contribution < 1.29 is 24.2 Å². The monoisotopic (exact) mass is 947 g/mol. The van der Waals surface area contributed by atoms with Gasteiger partial charge in [-0.15, -0.1) is 0 Å². The lowest BCUT2D eigenvalue weighted by atomic mass is 10.0. The highest BCUT2D eigenvalue weighted by Crippen LogP contribution is 2.16. The standard InChI is InChI=1S/C63H110O5/c1-3-5-7-9-11-13-15-17-19-21-23-25-27-28-29-30-31-32-33-34-36-38-40-42-44-46-48-50-52-54-56-58-63(66)68-61(59-64)60-67-62(65)57-55-53-51-49-47-45-43-41-39-37-35-26-24-22-20-18-16-14-12-10-8-6-4-2/h5,7,11,13,16-19,22-25,35,37,61,64H,3-4,6,8-10,12,14-15,20-21,26-34,36,38-60H2,1-2H3/b7-5-,13-11-,18-16-,19-17-,24-22-,25-23-,37-35-. The van der Waals surface area contributed by atoms with Crippen LogP contribution in [0.15, 0.2) is 85.1 Å². The Morgan fingerprint density at radius 2 is 0.632 bits per heavy atom. The molecule has 0 amide bonds. The lowest BCUT2D eigenvalue weighted by molar-refractivity contribution is -0.161.